The van der Waals surface area contributed by atoms with Gasteiger partial charge in [0.2, 0.25) is 17.7 Å². The van der Waals surface area contributed by atoms with E-state index in [0.29, 0.717) is 17.3 Å². The van der Waals surface area contributed by atoms with Crippen molar-refractivity contribution in [2.75, 3.05) is 16.8 Å². The van der Waals surface area contributed by atoms with Gasteiger partial charge in [0, 0.05) is 22.3 Å². The molecule has 4 atom stereocenters. The van der Waals surface area contributed by atoms with Gasteiger partial charge in [-0.15, -0.1) is 0 Å². The number of halogens is 1. The zero-order chi connectivity index (χ0) is 22.5. The maximum absolute atomic E-state index is 14.1. The minimum atomic E-state index is -1.20. The number of para-hydroxylation sites is 1. The first-order chi connectivity index (χ1) is 15.3. The van der Waals surface area contributed by atoms with Crippen molar-refractivity contribution < 1.29 is 14.4 Å². The van der Waals surface area contributed by atoms with Crippen LogP contribution in [0, 0.1) is 32.6 Å². The Bertz CT molecular complexity index is 1220. The lowest BCUT2D eigenvalue weighted by Crippen LogP contribution is -2.54. The third-order valence-electron chi connectivity index (χ3n) is 7.93. The second-order valence-electron chi connectivity index (χ2n) is 9.52. The Morgan fingerprint density at radius 1 is 1.03 bits per heavy atom. The Morgan fingerprint density at radius 3 is 2.47 bits per heavy atom. The number of carbonyl (C=O) groups is 3. The monoisotopic (exact) mass is 449 g/mol. The summed E-state index contributed by atoms with van der Waals surface area (Å²) in [6.07, 6.45) is 1.69. The molecule has 3 fully saturated rings. The largest absolute Gasteiger partial charge is 0.324 e. The topological polar surface area (TPSA) is 69.7 Å². The molecule has 4 aliphatic rings. The summed E-state index contributed by atoms with van der Waals surface area (Å²) >= 11 is 6.44. The number of aryl methyl sites for hydroxylation is 3. The highest BCUT2D eigenvalue weighted by Gasteiger charge is 2.74. The summed E-state index contributed by atoms with van der Waals surface area (Å²) in [5, 5.41) is 3.57. The predicted molar refractivity (Wildman–Crippen MR) is 122 cm³/mol. The SMILES string of the molecule is Cc1cc(Cl)cc2c1NC(=O)C21C2C(=O)N(c3c(C)cccc3C)C(=O)C2C2CCCN21. The molecule has 0 bridgehead atoms. The highest BCUT2D eigenvalue weighted by molar-refractivity contribution is 6.31. The van der Waals surface area contributed by atoms with Crippen molar-refractivity contribution in [2.24, 2.45) is 11.8 Å². The van der Waals surface area contributed by atoms with Crippen molar-refractivity contribution in [2.45, 2.75) is 45.2 Å². The molecule has 7 heteroatoms. The van der Waals surface area contributed by atoms with Crippen molar-refractivity contribution in [3.05, 3.63) is 57.6 Å². The van der Waals surface area contributed by atoms with Crippen molar-refractivity contribution in [3.63, 3.8) is 0 Å². The Balaban J connectivity index is 1.60. The molecule has 6 nitrogen and oxygen atoms in total. The summed E-state index contributed by atoms with van der Waals surface area (Å²) < 4.78 is 0. The van der Waals surface area contributed by atoms with Gasteiger partial charge in [0.25, 0.3) is 0 Å². The smallest absolute Gasteiger partial charge is 0.250 e. The van der Waals surface area contributed by atoms with Crippen LogP contribution in [0.25, 0.3) is 0 Å². The Hall–Kier alpha value is -2.70. The van der Waals surface area contributed by atoms with E-state index in [0.717, 1.165) is 40.8 Å². The van der Waals surface area contributed by atoms with E-state index in [1.165, 1.54) is 4.90 Å². The number of amides is 3. The van der Waals surface area contributed by atoms with Crippen molar-refractivity contribution in [1.82, 2.24) is 4.90 Å². The Labute approximate surface area is 191 Å². The third kappa shape index (κ3) is 2.17. The summed E-state index contributed by atoms with van der Waals surface area (Å²) in [6.45, 7) is 6.41. The van der Waals surface area contributed by atoms with Gasteiger partial charge in [-0.3, -0.25) is 19.3 Å². The van der Waals surface area contributed by atoms with Crippen molar-refractivity contribution in [1.29, 1.82) is 0 Å². The van der Waals surface area contributed by atoms with Crippen LogP contribution in [0.2, 0.25) is 5.02 Å². The van der Waals surface area contributed by atoms with Crippen LogP contribution in [-0.4, -0.2) is 35.2 Å². The first-order valence-corrected chi connectivity index (χ1v) is 11.5. The van der Waals surface area contributed by atoms with Crippen LogP contribution in [-0.2, 0) is 19.9 Å². The summed E-state index contributed by atoms with van der Waals surface area (Å²) in [5.74, 6) is -2.00. The van der Waals surface area contributed by atoms with Gasteiger partial charge in [0.05, 0.1) is 17.5 Å². The van der Waals surface area contributed by atoms with E-state index in [4.69, 9.17) is 11.6 Å². The number of anilines is 2. The number of hydrogen-bond donors (Lipinski definition) is 1. The van der Waals surface area contributed by atoms with Crippen LogP contribution in [0.5, 0.6) is 0 Å². The van der Waals surface area contributed by atoms with Crippen LogP contribution in [0.3, 0.4) is 0 Å². The van der Waals surface area contributed by atoms with E-state index in [9.17, 15) is 14.4 Å². The fraction of sp³-hybridized carbons (Fsp3) is 0.400. The summed E-state index contributed by atoms with van der Waals surface area (Å²) in [5.41, 5.74) is 3.51. The van der Waals surface area contributed by atoms with E-state index in [1.54, 1.807) is 6.07 Å². The maximum atomic E-state index is 14.1. The van der Waals surface area contributed by atoms with Gasteiger partial charge in [-0.2, -0.15) is 0 Å². The number of rotatable bonds is 1. The maximum Gasteiger partial charge on any atom is 0.250 e. The molecule has 0 radical (unpaired) electrons. The zero-order valence-electron chi connectivity index (χ0n) is 18.2. The summed E-state index contributed by atoms with van der Waals surface area (Å²) in [6, 6.07) is 9.23. The molecule has 2 aromatic carbocycles. The first kappa shape index (κ1) is 19.9. The van der Waals surface area contributed by atoms with Crippen LogP contribution in [0.4, 0.5) is 11.4 Å². The minimum Gasteiger partial charge on any atom is -0.324 e. The van der Waals surface area contributed by atoms with E-state index >= 15 is 0 Å². The van der Waals surface area contributed by atoms with Crippen LogP contribution in [0.1, 0.15) is 35.1 Å². The number of fused-ring (bicyclic) bond motifs is 7. The lowest BCUT2D eigenvalue weighted by atomic mass is 9.75. The summed E-state index contributed by atoms with van der Waals surface area (Å²) in [4.78, 5) is 45.2. The van der Waals surface area contributed by atoms with Crippen LogP contribution >= 0.6 is 11.6 Å². The van der Waals surface area contributed by atoms with E-state index in [1.807, 2.05) is 45.0 Å². The molecular formula is C25H24ClN3O3. The van der Waals surface area contributed by atoms with Crippen LogP contribution in [0.15, 0.2) is 30.3 Å². The lowest BCUT2D eigenvalue weighted by molar-refractivity contribution is -0.135. The van der Waals surface area contributed by atoms with E-state index < -0.39 is 17.4 Å². The second-order valence-corrected chi connectivity index (χ2v) is 9.96. The first-order valence-electron chi connectivity index (χ1n) is 11.1. The molecule has 32 heavy (non-hydrogen) atoms. The predicted octanol–water partition coefficient (Wildman–Crippen LogP) is 3.70. The van der Waals surface area contributed by atoms with Crippen LogP contribution < -0.4 is 10.2 Å². The Morgan fingerprint density at radius 2 is 1.75 bits per heavy atom. The number of benzene rings is 2. The second kappa shape index (κ2) is 6.42. The minimum absolute atomic E-state index is 0.137. The molecule has 164 valence electrons. The summed E-state index contributed by atoms with van der Waals surface area (Å²) in [7, 11) is 0. The molecule has 4 heterocycles. The molecule has 0 saturated carbocycles. The van der Waals surface area contributed by atoms with Crippen molar-refractivity contribution in [3.8, 4) is 0 Å². The number of imide groups is 1. The average Bonchev–Trinajstić information content (AvgIpc) is 3.43. The Kier molecular flexibility index (Phi) is 4.00. The van der Waals surface area contributed by atoms with Gasteiger partial charge < -0.3 is 5.32 Å². The highest BCUT2D eigenvalue weighted by Crippen LogP contribution is 2.61. The third-order valence-corrected chi connectivity index (χ3v) is 8.14. The van der Waals surface area contributed by atoms with Crippen molar-refractivity contribution >= 4 is 40.7 Å². The van der Waals surface area contributed by atoms with Gasteiger partial charge >= 0.3 is 0 Å². The number of hydrogen-bond acceptors (Lipinski definition) is 4. The molecule has 2 aromatic rings. The normalized spacial score (nSPS) is 30.8. The average molecular weight is 450 g/mol. The van der Waals surface area contributed by atoms with Gasteiger partial charge in [0.1, 0.15) is 5.54 Å². The molecular weight excluding hydrogens is 426 g/mol. The molecule has 3 amide bonds. The fourth-order valence-electron chi connectivity index (χ4n) is 6.81. The van der Waals surface area contributed by atoms with E-state index in [2.05, 4.69) is 10.2 Å². The quantitative estimate of drug-likeness (QED) is 0.674. The number of nitrogens with zero attached hydrogens (tertiary/aromatic N) is 2. The molecule has 0 aromatic heterocycles. The molecule has 4 aliphatic heterocycles. The standard InChI is InChI=1S/C25H24ClN3O3/c1-12-6-4-7-13(2)21(12)29-22(30)18-17-8-5-9-28(17)25(19(18)23(29)31)16-11-15(26)10-14(3)20(16)27-24(25)32/h4,6-7,10-11,17-19H,5,8-9H2,1-3H3,(H,27,32). The molecule has 0 aliphatic carbocycles. The zero-order valence-corrected chi connectivity index (χ0v) is 19.0. The van der Waals surface area contributed by atoms with Gasteiger partial charge in [-0.1, -0.05) is 29.8 Å². The lowest BCUT2D eigenvalue weighted by Gasteiger charge is -2.37. The number of carbonyl (C=O) groups excluding carboxylic acids is 3. The molecule has 1 spiro atoms. The molecule has 6 rings (SSSR count). The highest BCUT2D eigenvalue weighted by atomic mass is 35.5. The number of nitrogens with one attached hydrogen (secondary N) is 1. The molecule has 1 N–H and O–H groups in total. The van der Waals surface area contributed by atoms with Gasteiger partial charge in [-0.05, 0) is 69.0 Å². The van der Waals surface area contributed by atoms with E-state index in [-0.39, 0.29) is 23.8 Å². The molecule has 4 unspecified atom stereocenters. The van der Waals surface area contributed by atoms with Gasteiger partial charge in [0.15, 0.2) is 0 Å². The fourth-order valence-corrected chi connectivity index (χ4v) is 7.09. The molecule has 3 saturated heterocycles. The van der Waals surface area contributed by atoms with Gasteiger partial charge in [-0.25, -0.2) is 4.90 Å².